The maximum absolute atomic E-state index is 12.6. The summed E-state index contributed by atoms with van der Waals surface area (Å²) in [5.74, 6) is 0. The van der Waals surface area contributed by atoms with E-state index in [0.29, 0.717) is 0 Å². The highest BCUT2D eigenvalue weighted by molar-refractivity contribution is 5.08. The highest BCUT2D eigenvalue weighted by atomic mass is 19.1. The van der Waals surface area contributed by atoms with Crippen LogP contribution in [0.3, 0.4) is 0 Å². The molecule has 0 saturated carbocycles. The van der Waals surface area contributed by atoms with Crippen LogP contribution in [0.2, 0.25) is 0 Å². The number of hydrogen-bond donors (Lipinski definition) is 0. The predicted molar refractivity (Wildman–Crippen MR) is 54.1 cm³/mol. The lowest BCUT2D eigenvalue weighted by Crippen LogP contribution is -2.34. The minimum absolute atomic E-state index is 0.165. The second-order valence-corrected chi connectivity index (χ2v) is 4.12. The molecule has 0 unspecified atom stereocenters. The number of alkyl halides is 1. The van der Waals surface area contributed by atoms with Crippen LogP contribution in [0.15, 0.2) is 11.6 Å². The monoisotopic (exact) mass is 199 g/mol. The third kappa shape index (κ3) is 2.34. The summed E-state index contributed by atoms with van der Waals surface area (Å²) in [4.78, 5) is 2.25. The van der Waals surface area contributed by atoms with Gasteiger partial charge in [0.25, 0.3) is 0 Å². The van der Waals surface area contributed by atoms with Crippen LogP contribution < -0.4 is 0 Å². The second kappa shape index (κ2) is 4.89. The highest BCUT2D eigenvalue weighted by Crippen LogP contribution is 2.19. The smallest absolute Gasteiger partial charge is 0.105 e. The lowest BCUT2D eigenvalue weighted by atomic mass is 10.1. The standard InChI is InChI=1S/C11H18FNO/c12-7-11-4-1-5-13(11)8-10-3-2-6-14-9-10/h3,11H,1-2,4-9H2/t11-/m1/s1. The van der Waals surface area contributed by atoms with Gasteiger partial charge in [-0.3, -0.25) is 4.90 Å². The Kier molecular flexibility index (Phi) is 3.54. The quantitative estimate of drug-likeness (QED) is 0.642. The lowest BCUT2D eigenvalue weighted by Gasteiger charge is -2.24. The molecule has 0 aromatic heterocycles. The minimum Gasteiger partial charge on any atom is -0.377 e. The van der Waals surface area contributed by atoms with E-state index in [1.54, 1.807) is 0 Å². The Morgan fingerprint density at radius 2 is 2.50 bits per heavy atom. The molecule has 3 heteroatoms. The SMILES string of the molecule is FC[C@H]1CCCN1CC1=CCCOC1. The van der Waals surface area contributed by atoms with Crippen molar-refractivity contribution in [2.45, 2.75) is 25.3 Å². The molecule has 0 radical (unpaired) electrons. The number of nitrogens with zero attached hydrogens (tertiary/aromatic N) is 1. The summed E-state index contributed by atoms with van der Waals surface area (Å²) in [6.45, 7) is 3.35. The van der Waals surface area contributed by atoms with Gasteiger partial charge >= 0.3 is 0 Å². The summed E-state index contributed by atoms with van der Waals surface area (Å²) >= 11 is 0. The normalized spacial score (nSPS) is 29.2. The molecule has 0 N–H and O–H groups in total. The Bertz CT molecular complexity index is 217. The van der Waals surface area contributed by atoms with E-state index in [1.807, 2.05) is 0 Å². The lowest BCUT2D eigenvalue weighted by molar-refractivity contribution is 0.138. The Labute approximate surface area is 84.7 Å². The van der Waals surface area contributed by atoms with Crippen LogP contribution in [0.5, 0.6) is 0 Å². The third-order valence-corrected chi connectivity index (χ3v) is 3.07. The average Bonchev–Trinajstić information content (AvgIpc) is 2.67. The molecule has 0 spiro atoms. The van der Waals surface area contributed by atoms with Gasteiger partial charge in [0.2, 0.25) is 0 Å². The van der Waals surface area contributed by atoms with Crippen LogP contribution >= 0.6 is 0 Å². The van der Waals surface area contributed by atoms with Crippen LogP contribution in [0.1, 0.15) is 19.3 Å². The number of likely N-dealkylation sites (tertiary alicyclic amines) is 1. The fraction of sp³-hybridized carbons (Fsp3) is 0.818. The topological polar surface area (TPSA) is 12.5 Å². The van der Waals surface area contributed by atoms with Gasteiger partial charge in [0.15, 0.2) is 0 Å². The molecule has 0 aliphatic carbocycles. The number of hydrogen-bond acceptors (Lipinski definition) is 2. The molecule has 0 aromatic carbocycles. The van der Waals surface area contributed by atoms with E-state index >= 15 is 0 Å². The summed E-state index contributed by atoms with van der Waals surface area (Å²) < 4.78 is 18.0. The maximum atomic E-state index is 12.6. The van der Waals surface area contributed by atoms with E-state index in [-0.39, 0.29) is 12.7 Å². The van der Waals surface area contributed by atoms with Gasteiger partial charge in [-0.2, -0.15) is 0 Å². The summed E-state index contributed by atoms with van der Waals surface area (Å²) in [7, 11) is 0. The summed E-state index contributed by atoms with van der Waals surface area (Å²) in [6, 6.07) is 0.165. The van der Waals surface area contributed by atoms with Crippen LogP contribution in [-0.4, -0.2) is 43.9 Å². The Morgan fingerprint density at radius 1 is 1.57 bits per heavy atom. The van der Waals surface area contributed by atoms with Crippen LogP contribution in [-0.2, 0) is 4.74 Å². The summed E-state index contributed by atoms with van der Waals surface area (Å²) in [5.41, 5.74) is 1.33. The Morgan fingerprint density at radius 3 is 3.21 bits per heavy atom. The molecule has 1 fully saturated rings. The van der Waals surface area contributed by atoms with Gasteiger partial charge in [0, 0.05) is 12.6 Å². The zero-order chi connectivity index (χ0) is 9.80. The highest BCUT2D eigenvalue weighted by Gasteiger charge is 2.24. The molecule has 14 heavy (non-hydrogen) atoms. The number of rotatable bonds is 3. The molecule has 80 valence electrons. The van der Waals surface area contributed by atoms with Crippen molar-refractivity contribution in [2.24, 2.45) is 0 Å². The molecule has 1 saturated heterocycles. The molecule has 0 bridgehead atoms. The Balaban J connectivity index is 1.86. The van der Waals surface area contributed by atoms with Crippen molar-refractivity contribution in [2.75, 3.05) is 33.0 Å². The number of ether oxygens (including phenoxy) is 1. The van der Waals surface area contributed by atoms with Crippen molar-refractivity contribution in [3.8, 4) is 0 Å². The van der Waals surface area contributed by atoms with Gasteiger partial charge in [0.05, 0.1) is 13.2 Å². The molecular weight excluding hydrogens is 181 g/mol. The van der Waals surface area contributed by atoms with Gasteiger partial charge < -0.3 is 4.74 Å². The van der Waals surface area contributed by atoms with Crippen molar-refractivity contribution in [1.29, 1.82) is 0 Å². The zero-order valence-corrected chi connectivity index (χ0v) is 8.54. The fourth-order valence-corrected chi connectivity index (χ4v) is 2.26. The second-order valence-electron chi connectivity index (χ2n) is 4.12. The first-order valence-electron chi connectivity index (χ1n) is 5.46. The Hall–Kier alpha value is -0.410. The molecule has 2 aliphatic rings. The molecule has 1 atom stereocenters. The van der Waals surface area contributed by atoms with Crippen molar-refractivity contribution < 1.29 is 9.13 Å². The first-order chi connectivity index (χ1) is 6.90. The van der Waals surface area contributed by atoms with E-state index in [4.69, 9.17) is 4.74 Å². The first-order valence-corrected chi connectivity index (χ1v) is 5.46. The molecule has 2 heterocycles. The van der Waals surface area contributed by atoms with Crippen LogP contribution in [0, 0.1) is 0 Å². The van der Waals surface area contributed by atoms with Crippen molar-refractivity contribution in [3.63, 3.8) is 0 Å². The maximum Gasteiger partial charge on any atom is 0.105 e. The van der Waals surface area contributed by atoms with Crippen molar-refractivity contribution >= 4 is 0 Å². The van der Waals surface area contributed by atoms with Gasteiger partial charge in [-0.1, -0.05) is 6.08 Å². The van der Waals surface area contributed by atoms with E-state index in [1.165, 1.54) is 5.57 Å². The summed E-state index contributed by atoms with van der Waals surface area (Å²) in [5, 5.41) is 0. The molecule has 2 aliphatic heterocycles. The fourth-order valence-electron chi connectivity index (χ4n) is 2.26. The number of halogens is 1. The molecule has 2 rings (SSSR count). The van der Waals surface area contributed by atoms with Gasteiger partial charge in [-0.05, 0) is 31.4 Å². The molecular formula is C11H18FNO. The van der Waals surface area contributed by atoms with Crippen molar-refractivity contribution in [1.82, 2.24) is 4.90 Å². The van der Waals surface area contributed by atoms with Crippen LogP contribution in [0.4, 0.5) is 4.39 Å². The average molecular weight is 199 g/mol. The largest absolute Gasteiger partial charge is 0.377 e. The molecule has 0 aromatic rings. The van der Waals surface area contributed by atoms with Crippen LogP contribution in [0.25, 0.3) is 0 Å². The van der Waals surface area contributed by atoms with Gasteiger partial charge in [0.1, 0.15) is 6.67 Å². The molecule has 0 amide bonds. The van der Waals surface area contributed by atoms with E-state index in [9.17, 15) is 4.39 Å². The molecule has 2 nitrogen and oxygen atoms in total. The summed E-state index contributed by atoms with van der Waals surface area (Å²) in [6.07, 6.45) is 5.42. The zero-order valence-electron chi connectivity index (χ0n) is 8.54. The third-order valence-electron chi connectivity index (χ3n) is 3.07. The minimum atomic E-state index is -0.200. The first kappa shape index (κ1) is 10.1. The van der Waals surface area contributed by atoms with E-state index in [0.717, 1.165) is 45.6 Å². The van der Waals surface area contributed by atoms with Gasteiger partial charge in [-0.15, -0.1) is 0 Å². The van der Waals surface area contributed by atoms with Crippen molar-refractivity contribution in [3.05, 3.63) is 11.6 Å². The van der Waals surface area contributed by atoms with E-state index < -0.39 is 0 Å². The van der Waals surface area contributed by atoms with E-state index in [2.05, 4.69) is 11.0 Å². The van der Waals surface area contributed by atoms with Gasteiger partial charge in [-0.25, -0.2) is 4.39 Å². The predicted octanol–water partition coefficient (Wildman–Crippen LogP) is 1.77.